The SMILES string of the molecule is CC(=O)Oc1ccc2c(c1)CC[C@@]1(C)[C@@H]2CC[C@]2(C)C(=O)CC[C@@H]12. The molecule has 3 aliphatic rings. The molecule has 128 valence electrons. The lowest BCUT2D eigenvalue weighted by Gasteiger charge is -2.55. The van der Waals surface area contributed by atoms with Gasteiger partial charge < -0.3 is 4.74 Å². The Labute approximate surface area is 143 Å². The van der Waals surface area contributed by atoms with E-state index < -0.39 is 0 Å². The molecule has 0 spiro atoms. The number of Topliss-reactive ketones (excluding diaryl/α,β-unsaturated/α-hetero) is 1. The quantitative estimate of drug-likeness (QED) is 0.566. The lowest BCUT2D eigenvalue weighted by atomic mass is 9.48. The van der Waals surface area contributed by atoms with Gasteiger partial charge in [-0.05, 0) is 72.6 Å². The van der Waals surface area contributed by atoms with Gasteiger partial charge in [0.2, 0.25) is 0 Å². The highest BCUT2D eigenvalue weighted by Crippen LogP contribution is 2.65. The number of hydrogen-bond acceptors (Lipinski definition) is 3. The minimum absolute atomic E-state index is 0.0968. The molecule has 1 aromatic carbocycles. The fourth-order valence-electron chi connectivity index (χ4n) is 6.09. The van der Waals surface area contributed by atoms with Gasteiger partial charge in [-0.25, -0.2) is 0 Å². The molecule has 0 unspecified atom stereocenters. The van der Waals surface area contributed by atoms with E-state index in [1.165, 1.54) is 18.1 Å². The number of rotatable bonds is 1. The van der Waals surface area contributed by atoms with Crippen LogP contribution in [0.15, 0.2) is 18.2 Å². The third-order valence-electron chi connectivity index (χ3n) is 7.30. The molecule has 4 rings (SSSR count). The predicted octanol–water partition coefficient (Wildman–Crippen LogP) is 4.43. The van der Waals surface area contributed by atoms with Gasteiger partial charge in [0.15, 0.2) is 0 Å². The average molecular weight is 326 g/mol. The highest BCUT2D eigenvalue weighted by atomic mass is 16.5. The maximum absolute atomic E-state index is 12.5. The van der Waals surface area contributed by atoms with Crippen LogP contribution in [-0.4, -0.2) is 11.8 Å². The van der Waals surface area contributed by atoms with Crippen molar-refractivity contribution >= 4 is 11.8 Å². The van der Waals surface area contributed by atoms with Crippen molar-refractivity contribution in [3.8, 4) is 5.75 Å². The van der Waals surface area contributed by atoms with Gasteiger partial charge in [-0.1, -0.05) is 19.9 Å². The van der Waals surface area contributed by atoms with E-state index in [1.54, 1.807) is 0 Å². The Balaban J connectivity index is 1.71. The van der Waals surface area contributed by atoms with E-state index in [0.717, 1.165) is 38.5 Å². The van der Waals surface area contributed by atoms with Crippen LogP contribution in [0, 0.1) is 16.7 Å². The summed E-state index contributed by atoms with van der Waals surface area (Å²) < 4.78 is 5.26. The van der Waals surface area contributed by atoms with Crippen LogP contribution in [0.25, 0.3) is 0 Å². The third kappa shape index (κ3) is 2.09. The number of esters is 1. The van der Waals surface area contributed by atoms with Crippen molar-refractivity contribution in [1.82, 2.24) is 0 Å². The van der Waals surface area contributed by atoms with E-state index in [2.05, 4.69) is 19.9 Å². The topological polar surface area (TPSA) is 43.4 Å². The van der Waals surface area contributed by atoms with E-state index >= 15 is 0 Å². The number of ketones is 1. The summed E-state index contributed by atoms with van der Waals surface area (Å²) in [4.78, 5) is 23.7. The second-order valence-corrected chi connectivity index (χ2v) is 8.48. The van der Waals surface area contributed by atoms with Crippen LogP contribution in [-0.2, 0) is 16.0 Å². The van der Waals surface area contributed by atoms with Crippen LogP contribution in [0.4, 0.5) is 0 Å². The van der Waals surface area contributed by atoms with Crippen LogP contribution >= 0.6 is 0 Å². The molecule has 3 aliphatic carbocycles. The highest BCUT2D eigenvalue weighted by molar-refractivity contribution is 5.87. The molecular formula is C21H26O3. The van der Waals surface area contributed by atoms with Crippen LogP contribution in [0.5, 0.6) is 5.75 Å². The summed E-state index contributed by atoms with van der Waals surface area (Å²) in [5.41, 5.74) is 2.86. The van der Waals surface area contributed by atoms with Crippen molar-refractivity contribution in [2.75, 3.05) is 0 Å². The van der Waals surface area contributed by atoms with Gasteiger partial charge >= 0.3 is 5.97 Å². The smallest absolute Gasteiger partial charge is 0.308 e. The number of fused-ring (bicyclic) bond motifs is 5. The van der Waals surface area contributed by atoms with Gasteiger partial charge in [0.1, 0.15) is 11.5 Å². The number of carbonyl (C=O) groups is 2. The fourth-order valence-corrected chi connectivity index (χ4v) is 6.09. The second-order valence-electron chi connectivity index (χ2n) is 8.48. The summed E-state index contributed by atoms with van der Waals surface area (Å²) in [6.07, 6.45) is 6.07. The first-order valence-electron chi connectivity index (χ1n) is 9.19. The van der Waals surface area contributed by atoms with E-state index in [9.17, 15) is 9.59 Å². The molecule has 0 radical (unpaired) electrons. The van der Waals surface area contributed by atoms with Crippen LogP contribution in [0.3, 0.4) is 0 Å². The normalized spacial score (nSPS) is 37.4. The Morgan fingerprint density at radius 1 is 1.17 bits per heavy atom. The first kappa shape index (κ1) is 15.9. The molecule has 0 aromatic heterocycles. The zero-order valence-corrected chi connectivity index (χ0v) is 14.9. The van der Waals surface area contributed by atoms with Crippen LogP contribution in [0.1, 0.15) is 69.9 Å². The number of aryl methyl sites for hydroxylation is 1. The molecule has 0 bridgehead atoms. The molecule has 24 heavy (non-hydrogen) atoms. The first-order chi connectivity index (χ1) is 11.3. The summed E-state index contributed by atoms with van der Waals surface area (Å²) in [6.45, 7) is 6.07. The molecule has 0 amide bonds. The van der Waals surface area contributed by atoms with E-state index in [0.29, 0.717) is 23.4 Å². The summed E-state index contributed by atoms with van der Waals surface area (Å²) in [6, 6.07) is 6.14. The summed E-state index contributed by atoms with van der Waals surface area (Å²) in [5.74, 6) is 1.91. The summed E-state index contributed by atoms with van der Waals surface area (Å²) in [7, 11) is 0. The van der Waals surface area contributed by atoms with E-state index in [-0.39, 0.29) is 16.8 Å². The Kier molecular flexibility index (Phi) is 3.42. The van der Waals surface area contributed by atoms with Gasteiger partial charge in [-0.2, -0.15) is 0 Å². The lowest BCUT2D eigenvalue weighted by molar-refractivity contribution is -0.132. The Morgan fingerprint density at radius 2 is 1.96 bits per heavy atom. The minimum atomic E-state index is -0.270. The highest BCUT2D eigenvalue weighted by Gasteiger charge is 2.59. The first-order valence-corrected chi connectivity index (χ1v) is 9.19. The maximum atomic E-state index is 12.5. The largest absolute Gasteiger partial charge is 0.427 e. The molecule has 0 aliphatic heterocycles. The zero-order valence-electron chi connectivity index (χ0n) is 14.9. The minimum Gasteiger partial charge on any atom is -0.427 e. The van der Waals surface area contributed by atoms with E-state index in [1.807, 2.05) is 12.1 Å². The summed E-state index contributed by atoms with van der Waals surface area (Å²) in [5, 5.41) is 0. The van der Waals surface area contributed by atoms with Crippen molar-refractivity contribution in [2.45, 2.75) is 65.2 Å². The third-order valence-corrected chi connectivity index (χ3v) is 7.30. The van der Waals surface area contributed by atoms with Crippen LogP contribution in [0.2, 0.25) is 0 Å². The summed E-state index contributed by atoms with van der Waals surface area (Å²) >= 11 is 0. The van der Waals surface area contributed by atoms with Crippen molar-refractivity contribution in [2.24, 2.45) is 16.7 Å². The number of carbonyl (C=O) groups excluding carboxylic acids is 2. The molecule has 1 aromatic rings. The second kappa shape index (κ2) is 5.18. The lowest BCUT2D eigenvalue weighted by Crippen LogP contribution is -2.49. The molecule has 3 nitrogen and oxygen atoms in total. The Hall–Kier alpha value is -1.64. The molecule has 2 saturated carbocycles. The van der Waals surface area contributed by atoms with Crippen molar-refractivity contribution in [1.29, 1.82) is 0 Å². The van der Waals surface area contributed by atoms with Gasteiger partial charge in [-0.15, -0.1) is 0 Å². The standard InChI is InChI=1S/C21H26O3/c1-13(22)24-15-4-5-16-14(12-15)8-10-20(2)17(16)9-11-21(3)18(20)6-7-19(21)23/h4-5,12,17-18H,6-11H2,1-3H3/t17-,18+,20+,21+/m1/s1. The van der Waals surface area contributed by atoms with Crippen molar-refractivity contribution < 1.29 is 14.3 Å². The molecule has 4 atom stereocenters. The van der Waals surface area contributed by atoms with Crippen molar-refractivity contribution in [3.63, 3.8) is 0 Å². The number of benzene rings is 1. The number of ether oxygens (including phenoxy) is 1. The predicted molar refractivity (Wildman–Crippen MR) is 92.0 cm³/mol. The zero-order chi connectivity index (χ0) is 17.1. The average Bonchev–Trinajstić information content (AvgIpc) is 2.83. The van der Waals surface area contributed by atoms with Gasteiger partial charge in [-0.3, -0.25) is 9.59 Å². The van der Waals surface area contributed by atoms with Gasteiger partial charge in [0.25, 0.3) is 0 Å². The van der Waals surface area contributed by atoms with Crippen LogP contribution < -0.4 is 4.74 Å². The number of hydrogen-bond donors (Lipinski definition) is 0. The monoisotopic (exact) mass is 326 g/mol. The van der Waals surface area contributed by atoms with Gasteiger partial charge in [0, 0.05) is 18.8 Å². The fraction of sp³-hybridized carbons (Fsp3) is 0.619. The van der Waals surface area contributed by atoms with E-state index in [4.69, 9.17) is 4.74 Å². The molecule has 2 fully saturated rings. The van der Waals surface area contributed by atoms with Crippen molar-refractivity contribution in [3.05, 3.63) is 29.3 Å². The Bertz CT molecular complexity index is 722. The molecule has 0 saturated heterocycles. The van der Waals surface area contributed by atoms with Gasteiger partial charge in [0.05, 0.1) is 0 Å². The molecular weight excluding hydrogens is 300 g/mol. The maximum Gasteiger partial charge on any atom is 0.308 e. The Morgan fingerprint density at radius 3 is 2.71 bits per heavy atom. The molecule has 0 heterocycles. The molecule has 3 heteroatoms. The molecule has 0 N–H and O–H groups in total.